The van der Waals surface area contributed by atoms with Crippen LogP contribution in [0.2, 0.25) is 0 Å². The normalized spacial score (nSPS) is 23.1. The van der Waals surface area contributed by atoms with Gasteiger partial charge in [-0.15, -0.1) is 0 Å². The monoisotopic (exact) mass is 262 g/mol. The van der Waals surface area contributed by atoms with Gasteiger partial charge in [0, 0.05) is 6.04 Å². The summed E-state index contributed by atoms with van der Waals surface area (Å²) in [5, 5.41) is 12.8. The third-order valence-electron chi connectivity index (χ3n) is 3.92. The molecule has 104 valence electrons. The van der Waals surface area contributed by atoms with Crippen LogP contribution < -0.4 is 11.1 Å². The number of rotatable bonds is 3. The van der Waals surface area contributed by atoms with Crippen molar-refractivity contribution in [3.63, 3.8) is 0 Å². The minimum atomic E-state index is -0.202. The highest BCUT2D eigenvalue weighted by Gasteiger charge is 2.26. The maximum Gasteiger partial charge on any atom is 0.255 e. The summed E-state index contributed by atoms with van der Waals surface area (Å²) in [6.45, 7) is 2.50. The van der Waals surface area contributed by atoms with Crippen LogP contribution in [-0.4, -0.2) is 23.6 Å². The summed E-state index contributed by atoms with van der Waals surface area (Å²) in [5.74, 6) is 0.180. The zero-order valence-electron chi connectivity index (χ0n) is 11.4. The third kappa shape index (κ3) is 3.26. The molecule has 0 spiro atoms. The van der Waals surface area contributed by atoms with Crippen molar-refractivity contribution >= 4 is 5.91 Å². The fourth-order valence-corrected chi connectivity index (χ4v) is 2.76. The number of carbonyl (C=O) groups excluding carboxylic acids is 1. The van der Waals surface area contributed by atoms with Crippen LogP contribution in [0.5, 0.6) is 5.75 Å². The summed E-state index contributed by atoms with van der Waals surface area (Å²) in [5.41, 5.74) is 7.07. The Hall–Kier alpha value is -1.55. The second-order valence-electron chi connectivity index (χ2n) is 5.38. The number of nitrogens with one attached hydrogen (secondary N) is 1. The van der Waals surface area contributed by atoms with E-state index < -0.39 is 0 Å². The molecule has 0 aromatic heterocycles. The fraction of sp³-hybridized carbons (Fsp3) is 0.533. The van der Waals surface area contributed by atoms with Crippen LogP contribution in [-0.2, 0) is 0 Å². The predicted octanol–water partition coefficient (Wildman–Crippen LogP) is 1.95. The maximum absolute atomic E-state index is 12.2. The number of amides is 1. The van der Waals surface area contributed by atoms with E-state index in [1.165, 1.54) is 6.42 Å². The predicted molar refractivity (Wildman–Crippen MR) is 75.1 cm³/mol. The Bertz CT molecular complexity index is 459. The maximum atomic E-state index is 12.2. The van der Waals surface area contributed by atoms with E-state index in [1.807, 2.05) is 6.92 Å². The van der Waals surface area contributed by atoms with Crippen molar-refractivity contribution in [1.82, 2.24) is 5.32 Å². The van der Waals surface area contributed by atoms with Crippen molar-refractivity contribution in [2.24, 2.45) is 11.7 Å². The molecule has 4 heteroatoms. The summed E-state index contributed by atoms with van der Waals surface area (Å²) in [6, 6.07) is 5.19. The van der Waals surface area contributed by atoms with Gasteiger partial charge in [0.25, 0.3) is 5.91 Å². The summed E-state index contributed by atoms with van der Waals surface area (Å²) < 4.78 is 0. The molecule has 1 aromatic carbocycles. The highest BCUT2D eigenvalue weighted by Crippen LogP contribution is 2.25. The van der Waals surface area contributed by atoms with E-state index in [0.29, 0.717) is 18.0 Å². The number of hydrogen-bond donors (Lipinski definition) is 3. The van der Waals surface area contributed by atoms with Gasteiger partial charge in [0.2, 0.25) is 0 Å². The van der Waals surface area contributed by atoms with Gasteiger partial charge >= 0.3 is 0 Å². The Balaban J connectivity index is 2.09. The first-order valence-corrected chi connectivity index (χ1v) is 6.92. The number of carbonyl (C=O) groups is 1. The van der Waals surface area contributed by atoms with Crippen molar-refractivity contribution in [3.05, 3.63) is 29.3 Å². The largest absolute Gasteiger partial charge is 0.507 e. The smallest absolute Gasteiger partial charge is 0.255 e. The van der Waals surface area contributed by atoms with Gasteiger partial charge in [-0.2, -0.15) is 0 Å². The Labute approximate surface area is 114 Å². The van der Waals surface area contributed by atoms with Gasteiger partial charge in [-0.25, -0.2) is 0 Å². The van der Waals surface area contributed by atoms with Gasteiger partial charge in [-0.3, -0.25) is 4.79 Å². The van der Waals surface area contributed by atoms with Crippen molar-refractivity contribution < 1.29 is 9.90 Å². The molecule has 1 aliphatic carbocycles. The molecule has 0 heterocycles. The van der Waals surface area contributed by atoms with Crippen LogP contribution in [0.15, 0.2) is 18.2 Å². The third-order valence-corrected chi connectivity index (χ3v) is 3.92. The van der Waals surface area contributed by atoms with Crippen LogP contribution in [0.25, 0.3) is 0 Å². The van der Waals surface area contributed by atoms with Crippen LogP contribution in [0, 0.1) is 12.8 Å². The molecule has 1 amide bonds. The van der Waals surface area contributed by atoms with Crippen molar-refractivity contribution in [2.75, 3.05) is 6.54 Å². The summed E-state index contributed by atoms with van der Waals surface area (Å²) in [6.07, 6.45) is 4.35. The van der Waals surface area contributed by atoms with E-state index in [9.17, 15) is 9.90 Å². The Kier molecular flexibility index (Phi) is 4.43. The topological polar surface area (TPSA) is 75.3 Å². The number of phenols is 1. The van der Waals surface area contributed by atoms with E-state index in [4.69, 9.17) is 5.73 Å². The molecule has 4 nitrogen and oxygen atoms in total. The van der Waals surface area contributed by atoms with E-state index in [-0.39, 0.29) is 17.7 Å². The SMILES string of the molecule is Cc1ccc(O)c(C(=O)NC2CCCCC2CN)c1. The second kappa shape index (κ2) is 6.06. The lowest BCUT2D eigenvalue weighted by Gasteiger charge is -2.31. The van der Waals surface area contributed by atoms with Gasteiger partial charge in [-0.05, 0) is 44.4 Å². The zero-order valence-corrected chi connectivity index (χ0v) is 11.4. The van der Waals surface area contributed by atoms with E-state index in [1.54, 1.807) is 18.2 Å². The molecule has 1 fully saturated rings. The quantitative estimate of drug-likeness (QED) is 0.779. The molecule has 2 atom stereocenters. The Morgan fingerprint density at radius 3 is 2.89 bits per heavy atom. The highest BCUT2D eigenvalue weighted by molar-refractivity contribution is 5.97. The Morgan fingerprint density at radius 1 is 1.42 bits per heavy atom. The van der Waals surface area contributed by atoms with Crippen molar-refractivity contribution in [3.8, 4) is 5.75 Å². The van der Waals surface area contributed by atoms with Crippen LogP contribution in [0.3, 0.4) is 0 Å². The lowest BCUT2D eigenvalue weighted by molar-refractivity contribution is 0.0905. The average Bonchev–Trinajstić information content (AvgIpc) is 2.42. The molecule has 1 aromatic rings. The highest BCUT2D eigenvalue weighted by atomic mass is 16.3. The lowest BCUT2D eigenvalue weighted by atomic mass is 9.84. The summed E-state index contributed by atoms with van der Waals surface area (Å²) in [4.78, 5) is 12.2. The zero-order chi connectivity index (χ0) is 13.8. The minimum Gasteiger partial charge on any atom is -0.507 e. The average molecular weight is 262 g/mol. The first kappa shape index (κ1) is 13.9. The van der Waals surface area contributed by atoms with Gasteiger partial charge in [0.05, 0.1) is 5.56 Å². The molecular weight excluding hydrogens is 240 g/mol. The van der Waals surface area contributed by atoms with Gasteiger partial charge < -0.3 is 16.2 Å². The molecule has 1 saturated carbocycles. The molecule has 19 heavy (non-hydrogen) atoms. The number of phenolic OH excluding ortho intramolecular Hbond substituents is 1. The first-order chi connectivity index (χ1) is 9.11. The molecule has 1 aliphatic rings. The van der Waals surface area contributed by atoms with E-state index >= 15 is 0 Å². The van der Waals surface area contributed by atoms with Gasteiger partial charge in [-0.1, -0.05) is 24.5 Å². The number of aromatic hydroxyl groups is 1. The van der Waals surface area contributed by atoms with E-state index in [2.05, 4.69) is 5.32 Å². The molecule has 4 N–H and O–H groups in total. The molecule has 0 aliphatic heterocycles. The number of hydrogen-bond acceptors (Lipinski definition) is 3. The van der Waals surface area contributed by atoms with Crippen molar-refractivity contribution in [1.29, 1.82) is 0 Å². The van der Waals surface area contributed by atoms with Gasteiger partial charge in [0.15, 0.2) is 0 Å². The number of benzene rings is 1. The molecule has 2 rings (SSSR count). The summed E-state index contributed by atoms with van der Waals surface area (Å²) in [7, 11) is 0. The molecule has 0 radical (unpaired) electrons. The summed E-state index contributed by atoms with van der Waals surface area (Å²) >= 11 is 0. The number of nitrogens with two attached hydrogens (primary N) is 1. The molecule has 2 unspecified atom stereocenters. The standard InChI is InChI=1S/C15H22N2O2/c1-10-6-7-14(18)12(8-10)15(19)17-13-5-3-2-4-11(13)9-16/h6-8,11,13,18H,2-5,9,16H2,1H3,(H,17,19). The number of aryl methyl sites for hydroxylation is 1. The minimum absolute atomic E-state index is 0.0307. The van der Waals surface area contributed by atoms with Crippen LogP contribution in [0.4, 0.5) is 0 Å². The lowest BCUT2D eigenvalue weighted by Crippen LogP contribution is -2.44. The molecule has 0 bridgehead atoms. The van der Waals surface area contributed by atoms with Crippen LogP contribution >= 0.6 is 0 Å². The molecular formula is C15H22N2O2. The fourth-order valence-electron chi connectivity index (χ4n) is 2.76. The van der Waals surface area contributed by atoms with Crippen LogP contribution in [0.1, 0.15) is 41.6 Å². The Morgan fingerprint density at radius 2 is 2.16 bits per heavy atom. The van der Waals surface area contributed by atoms with E-state index in [0.717, 1.165) is 24.8 Å². The molecule has 0 saturated heterocycles. The van der Waals surface area contributed by atoms with Gasteiger partial charge in [0.1, 0.15) is 5.75 Å². The van der Waals surface area contributed by atoms with Crippen molar-refractivity contribution in [2.45, 2.75) is 38.6 Å². The second-order valence-corrected chi connectivity index (χ2v) is 5.38. The first-order valence-electron chi connectivity index (χ1n) is 6.92.